The first kappa shape index (κ1) is 14.8. The first-order valence-corrected chi connectivity index (χ1v) is 8.26. The molecule has 1 aliphatic heterocycles. The highest BCUT2D eigenvalue weighted by Crippen LogP contribution is 2.29. The molecule has 1 N–H and O–H groups in total. The van der Waals surface area contributed by atoms with Crippen LogP contribution in [0.3, 0.4) is 0 Å². The van der Waals surface area contributed by atoms with E-state index >= 15 is 0 Å². The number of anilines is 1. The lowest BCUT2D eigenvalue weighted by molar-refractivity contribution is 0.147. The van der Waals surface area contributed by atoms with Gasteiger partial charge >= 0.3 is 6.03 Å². The molecule has 122 valence electrons. The van der Waals surface area contributed by atoms with Gasteiger partial charge in [0.05, 0.1) is 10.8 Å². The summed E-state index contributed by atoms with van der Waals surface area (Å²) in [5.74, 6) is 0.832. The van der Waals surface area contributed by atoms with Crippen molar-refractivity contribution in [3.8, 4) is 10.7 Å². The maximum absolute atomic E-state index is 12.9. The van der Waals surface area contributed by atoms with Crippen molar-refractivity contribution in [3.63, 3.8) is 0 Å². The van der Waals surface area contributed by atoms with Crippen molar-refractivity contribution >= 4 is 23.1 Å². The largest absolute Gasteiger partial charge is 0.339 e. The maximum atomic E-state index is 12.9. The van der Waals surface area contributed by atoms with Crippen LogP contribution < -0.4 is 5.32 Å². The number of rotatable bonds is 3. The summed E-state index contributed by atoms with van der Waals surface area (Å²) in [6, 6.07) is 9.29. The van der Waals surface area contributed by atoms with E-state index in [2.05, 4.69) is 15.5 Å². The topological polar surface area (TPSA) is 71.3 Å². The Hall–Kier alpha value is -2.74. The van der Waals surface area contributed by atoms with E-state index in [9.17, 15) is 9.18 Å². The van der Waals surface area contributed by atoms with Crippen molar-refractivity contribution in [2.45, 2.75) is 5.92 Å². The highest BCUT2D eigenvalue weighted by Gasteiger charge is 2.35. The molecule has 0 atom stereocenters. The van der Waals surface area contributed by atoms with Gasteiger partial charge in [0.1, 0.15) is 5.82 Å². The number of carbonyl (C=O) groups excluding carboxylic acids is 1. The number of hydrogen-bond donors (Lipinski definition) is 1. The molecule has 2 aromatic heterocycles. The van der Waals surface area contributed by atoms with Crippen molar-refractivity contribution in [1.29, 1.82) is 0 Å². The van der Waals surface area contributed by atoms with Crippen LogP contribution in [0.1, 0.15) is 11.8 Å². The Bertz CT molecular complexity index is 841. The minimum Gasteiger partial charge on any atom is -0.339 e. The molecule has 3 heterocycles. The molecule has 1 aromatic carbocycles. The molecular weight excluding hydrogens is 331 g/mol. The molecule has 3 aromatic rings. The van der Waals surface area contributed by atoms with Gasteiger partial charge in [0.25, 0.3) is 0 Å². The minimum atomic E-state index is -0.338. The number of likely N-dealkylation sites (tertiary alicyclic amines) is 1. The Morgan fingerprint density at radius 1 is 1.29 bits per heavy atom. The lowest BCUT2D eigenvalue weighted by Crippen LogP contribution is -2.50. The summed E-state index contributed by atoms with van der Waals surface area (Å²) in [7, 11) is 0. The molecule has 0 aliphatic carbocycles. The van der Waals surface area contributed by atoms with Gasteiger partial charge in [-0.15, -0.1) is 11.3 Å². The summed E-state index contributed by atoms with van der Waals surface area (Å²) < 4.78 is 18.2. The molecular formula is C16H13FN4O2S. The van der Waals surface area contributed by atoms with E-state index in [1.54, 1.807) is 16.2 Å². The minimum absolute atomic E-state index is 0.0465. The lowest BCUT2D eigenvalue weighted by Gasteiger charge is -2.36. The van der Waals surface area contributed by atoms with Crippen LogP contribution in [0.15, 0.2) is 46.3 Å². The number of hydrogen-bond acceptors (Lipinski definition) is 5. The summed E-state index contributed by atoms with van der Waals surface area (Å²) in [5, 5.41) is 8.66. The van der Waals surface area contributed by atoms with Gasteiger partial charge in [-0.05, 0) is 35.7 Å². The summed E-state index contributed by atoms with van der Waals surface area (Å²) in [5.41, 5.74) is 0.558. The van der Waals surface area contributed by atoms with E-state index in [0.717, 1.165) is 4.88 Å². The predicted octanol–water partition coefficient (Wildman–Crippen LogP) is 3.57. The number of benzene rings is 1. The highest BCUT2D eigenvalue weighted by atomic mass is 32.1. The third kappa shape index (κ3) is 2.88. The summed E-state index contributed by atoms with van der Waals surface area (Å²) >= 11 is 1.55. The van der Waals surface area contributed by atoms with Crippen molar-refractivity contribution in [3.05, 3.63) is 53.5 Å². The Kier molecular flexibility index (Phi) is 3.73. The molecule has 1 aliphatic rings. The third-order valence-electron chi connectivity index (χ3n) is 3.80. The van der Waals surface area contributed by atoms with Gasteiger partial charge in [0.2, 0.25) is 11.7 Å². The van der Waals surface area contributed by atoms with E-state index < -0.39 is 0 Å². The average molecular weight is 344 g/mol. The SMILES string of the molecule is O=C(Nc1ccc(F)cc1)N1CC(c2nc(-c3cccs3)no2)C1. The fraction of sp³-hybridized carbons (Fsp3) is 0.188. The van der Waals surface area contributed by atoms with Gasteiger partial charge in [-0.1, -0.05) is 11.2 Å². The average Bonchev–Trinajstić information content (AvgIpc) is 3.19. The smallest absolute Gasteiger partial charge is 0.321 e. The second-order valence-corrected chi connectivity index (χ2v) is 6.42. The molecule has 24 heavy (non-hydrogen) atoms. The fourth-order valence-electron chi connectivity index (χ4n) is 2.44. The van der Waals surface area contributed by atoms with Gasteiger partial charge in [0.15, 0.2) is 0 Å². The van der Waals surface area contributed by atoms with E-state index in [4.69, 9.17) is 4.52 Å². The summed E-state index contributed by atoms with van der Waals surface area (Å²) in [4.78, 5) is 19.1. The summed E-state index contributed by atoms with van der Waals surface area (Å²) in [6.07, 6.45) is 0. The van der Waals surface area contributed by atoms with Gasteiger partial charge < -0.3 is 14.7 Å². The maximum Gasteiger partial charge on any atom is 0.321 e. The van der Waals surface area contributed by atoms with Crippen molar-refractivity contribution in [1.82, 2.24) is 15.0 Å². The van der Waals surface area contributed by atoms with Crippen LogP contribution in [0.25, 0.3) is 10.7 Å². The molecule has 1 saturated heterocycles. The number of halogens is 1. The van der Waals surface area contributed by atoms with Crippen molar-refractivity contribution in [2.75, 3.05) is 18.4 Å². The van der Waals surface area contributed by atoms with E-state index in [1.807, 2.05) is 17.5 Å². The third-order valence-corrected chi connectivity index (χ3v) is 4.66. The van der Waals surface area contributed by atoms with Crippen LogP contribution >= 0.6 is 11.3 Å². The van der Waals surface area contributed by atoms with Gasteiger partial charge in [-0.2, -0.15) is 4.98 Å². The normalized spacial score (nSPS) is 14.5. The van der Waals surface area contributed by atoms with E-state index in [1.165, 1.54) is 24.3 Å². The molecule has 0 unspecified atom stereocenters. The molecule has 0 bridgehead atoms. The number of urea groups is 1. The van der Waals surface area contributed by atoms with Gasteiger partial charge in [-0.3, -0.25) is 0 Å². The molecule has 0 saturated carbocycles. The van der Waals surface area contributed by atoms with Crippen LogP contribution in [0.4, 0.5) is 14.9 Å². The Labute approximate surface area is 140 Å². The van der Waals surface area contributed by atoms with Crippen molar-refractivity contribution in [2.24, 2.45) is 0 Å². The van der Waals surface area contributed by atoms with Gasteiger partial charge in [0, 0.05) is 18.8 Å². The first-order chi connectivity index (χ1) is 11.7. The summed E-state index contributed by atoms with van der Waals surface area (Å²) in [6.45, 7) is 1.03. The molecule has 0 radical (unpaired) electrons. The predicted molar refractivity (Wildman–Crippen MR) is 87.3 cm³/mol. The van der Waals surface area contributed by atoms with Gasteiger partial charge in [-0.25, -0.2) is 9.18 Å². The van der Waals surface area contributed by atoms with Crippen LogP contribution in [0.5, 0.6) is 0 Å². The molecule has 8 heteroatoms. The second-order valence-electron chi connectivity index (χ2n) is 5.47. The Morgan fingerprint density at radius 2 is 2.08 bits per heavy atom. The zero-order chi connectivity index (χ0) is 16.5. The number of thiophene rings is 1. The molecule has 0 spiro atoms. The monoisotopic (exact) mass is 344 g/mol. The number of nitrogens with zero attached hydrogens (tertiary/aromatic N) is 3. The number of amides is 2. The number of aromatic nitrogens is 2. The fourth-order valence-corrected chi connectivity index (χ4v) is 3.09. The zero-order valence-corrected chi connectivity index (χ0v) is 13.3. The van der Waals surface area contributed by atoms with Crippen molar-refractivity contribution < 1.29 is 13.7 Å². The highest BCUT2D eigenvalue weighted by molar-refractivity contribution is 7.13. The van der Waals surface area contributed by atoms with Crippen LogP contribution in [-0.4, -0.2) is 34.2 Å². The number of carbonyl (C=O) groups is 1. The zero-order valence-electron chi connectivity index (χ0n) is 12.5. The molecule has 2 amide bonds. The molecule has 1 fully saturated rings. The lowest BCUT2D eigenvalue weighted by atomic mass is 10.0. The molecule has 4 rings (SSSR count). The second kappa shape index (κ2) is 6.04. The van der Waals surface area contributed by atoms with Crippen LogP contribution in [0, 0.1) is 5.82 Å². The van der Waals surface area contributed by atoms with E-state index in [0.29, 0.717) is 30.5 Å². The van der Waals surface area contributed by atoms with Crippen LogP contribution in [0.2, 0.25) is 0 Å². The Morgan fingerprint density at radius 3 is 2.79 bits per heavy atom. The molecule has 6 nitrogen and oxygen atoms in total. The quantitative estimate of drug-likeness (QED) is 0.788. The Balaban J connectivity index is 1.34. The standard InChI is InChI=1S/C16H13FN4O2S/c17-11-3-5-12(6-4-11)18-16(22)21-8-10(9-21)15-19-14(20-23-15)13-2-1-7-24-13/h1-7,10H,8-9H2,(H,18,22). The first-order valence-electron chi connectivity index (χ1n) is 7.38. The van der Waals surface area contributed by atoms with E-state index in [-0.39, 0.29) is 17.8 Å². The number of nitrogens with one attached hydrogen (secondary N) is 1. The van der Waals surface area contributed by atoms with Crippen LogP contribution in [-0.2, 0) is 0 Å².